The summed E-state index contributed by atoms with van der Waals surface area (Å²) in [5, 5.41) is 6.37. The van der Waals surface area contributed by atoms with E-state index in [4.69, 9.17) is 4.99 Å². The molecule has 1 atom stereocenters. The first kappa shape index (κ1) is 21.2. The second-order valence-corrected chi connectivity index (χ2v) is 9.70. The Balaban J connectivity index is 1.31. The number of likely N-dealkylation sites (tertiary alicyclic amines) is 1. The summed E-state index contributed by atoms with van der Waals surface area (Å²) >= 11 is 0. The molecule has 166 valence electrons. The fourth-order valence-electron chi connectivity index (χ4n) is 5.19. The van der Waals surface area contributed by atoms with Crippen molar-refractivity contribution in [2.24, 2.45) is 10.9 Å². The zero-order valence-electron chi connectivity index (χ0n) is 19.5. The van der Waals surface area contributed by atoms with Gasteiger partial charge < -0.3 is 5.32 Å². The van der Waals surface area contributed by atoms with Crippen molar-refractivity contribution >= 4 is 16.6 Å². The fourth-order valence-corrected chi connectivity index (χ4v) is 5.19. The number of hydrogen-bond donors (Lipinski definition) is 1. The van der Waals surface area contributed by atoms with Crippen molar-refractivity contribution in [2.45, 2.75) is 52.1 Å². The second-order valence-electron chi connectivity index (χ2n) is 9.70. The largest absolute Gasteiger partial charge is 0.361 e. The van der Waals surface area contributed by atoms with E-state index in [1.807, 2.05) is 0 Å². The number of hydrogen-bond acceptors (Lipinski definition) is 3. The molecule has 5 rings (SSSR count). The highest BCUT2D eigenvalue weighted by molar-refractivity contribution is 6.11. The maximum atomic E-state index is 4.92. The first-order chi connectivity index (χ1) is 15.7. The monoisotopic (exact) mass is 425 g/mol. The number of aliphatic imine (C=N–C) groups is 1. The summed E-state index contributed by atoms with van der Waals surface area (Å²) < 4.78 is 0. The molecule has 0 amide bonds. The van der Waals surface area contributed by atoms with Crippen LogP contribution in [0.1, 0.15) is 61.4 Å². The third-order valence-corrected chi connectivity index (χ3v) is 7.00. The summed E-state index contributed by atoms with van der Waals surface area (Å²) in [7, 11) is 0. The molecule has 32 heavy (non-hydrogen) atoms. The van der Waals surface area contributed by atoms with Gasteiger partial charge in [0.05, 0.1) is 12.6 Å². The normalized spacial score (nSPS) is 19.1. The maximum Gasteiger partial charge on any atom is 0.129 e. The number of nitrogens with one attached hydrogen (secondary N) is 1. The summed E-state index contributed by atoms with van der Waals surface area (Å²) in [6.07, 6.45) is 5.05. The third kappa shape index (κ3) is 4.45. The van der Waals surface area contributed by atoms with E-state index in [0.717, 1.165) is 24.8 Å². The number of rotatable bonds is 8. The molecule has 0 aliphatic carbocycles. The molecule has 1 fully saturated rings. The number of amidine groups is 1. The zero-order valence-corrected chi connectivity index (χ0v) is 19.5. The maximum absolute atomic E-state index is 4.92. The zero-order chi connectivity index (χ0) is 21.9. The van der Waals surface area contributed by atoms with Gasteiger partial charge in [0.1, 0.15) is 5.84 Å². The van der Waals surface area contributed by atoms with Crippen LogP contribution < -0.4 is 5.32 Å². The van der Waals surface area contributed by atoms with Gasteiger partial charge >= 0.3 is 0 Å². The van der Waals surface area contributed by atoms with Crippen molar-refractivity contribution in [3.63, 3.8) is 0 Å². The predicted molar refractivity (Wildman–Crippen MR) is 135 cm³/mol. The molecule has 1 saturated heterocycles. The minimum Gasteiger partial charge on any atom is -0.361 e. The lowest BCUT2D eigenvalue weighted by atomic mass is 9.96. The number of unbranched alkanes of at least 4 members (excludes halogenated alkanes) is 2. The Labute approximate surface area is 192 Å². The average Bonchev–Trinajstić information content (AvgIpc) is 3.29. The van der Waals surface area contributed by atoms with Crippen LogP contribution in [0, 0.1) is 5.92 Å². The van der Waals surface area contributed by atoms with E-state index in [1.54, 1.807) is 0 Å². The van der Waals surface area contributed by atoms with E-state index in [2.05, 4.69) is 84.7 Å². The van der Waals surface area contributed by atoms with E-state index < -0.39 is 0 Å². The molecule has 1 unspecified atom stereocenters. The SMILES string of the molecule is CCCCCc1ccc(C2CN=C(c3ccc(CN4CC(C)C4)c4ccccc34)N2)cc1. The standard InChI is InChI=1S/C29H35N3/c1-3-4-5-8-22-11-13-23(14-12-22)28-17-30-29(31-28)27-16-15-24(20-32-18-21(2)19-32)25-9-6-7-10-26(25)27/h6-7,9-16,21,28H,3-5,8,17-20H2,1-2H3,(H,30,31). The minimum absolute atomic E-state index is 0.260. The van der Waals surface area contributed by atoms with Gasteiger partial charge in [-0.3, -0.25) is 9.89 Å². The Morgan fingerprint density at radius 2 is 1.72 bits per heavy atom. The van der Waals surface area contributed by atoms with Gasteiger partial charge in [-0.25, -0.2) is 0 Å². The molecule has 0 bridgehead atoms. The van der Waals surface area contributed by atoms with Crippen LogP contribution in [0.3, 0.4) is 0 Å². The van der Waals surface area contributed by atoms with Crippen LogP contribution in [0.2, 0.25) is 0 Å². The van der Waals surface area contributed by atoms with Crippen LogP contribution in [0.4, 0.5) is 0 Å². The topological polar surface area (TPSA) is 27.6 Å². The van der Waals surface area contributed by atoms with Gasteiger partial charge in [-0.2, -0.15) is 0 Å². The Hall–Kier alpha value is -2.65. The second kappa shape index (κ2) is 9.46. The Kier molecular flexibility index (Phi) is 6.27. The van der Waals surface area contributed by atoms with Gasteiger partial charge in [0.25, 0.3) is 0 Å². The molecule has 1 N–H and O–H groups in total. The Morgan fingerprint density at radius 3 is 2.47 bits per heavy atom. The highest BCUT2D eigenvalue weighted by Crippen LogP contribution is 2.29. The summed E-state index contributed by atoms with van der Waals surface area (Å²) in [6, 6.07) is 22.8. The molecule has 3 aromatic carbocycles. The van der Waals surface area contributed by atoms with Crippen LogP contribution in [-0.2, 0) is 13.0 Å². The number of fused-ring (bicyclic) bond motifs is 1. The van der Waals surface area contributed by atoms with Gasteiger partial charge in [-0.05, 0) is 46.2 Å². The molecule has 2 aliphatic rings. The first-order valence-electron chi connectivity index (χ1n) is 12.3. The van der Waals surface area contributed by atoms with Gasteiger partial charge in [-0.1, -0.05) is 87.4 Å². The number of benzene rings is 3. The quantitative estimate of drug-likeness (QED) is 0.441. The van der Waals surface area contributed by atoms with Gasteiger partial charge in [-0.15, -0.1) is 0 Å². The minimum atomic E-state index is 0.260. The molecule has 2 aliphatic heterocycles. The van der Waals surface area contributed by atoms with Crippen LogP contribution in [-0.4, -0.2) is 30.4 Å². The Morgan fingerprint density at radius 1 is 0.938 bits per heavy atom. The molecule has 3 aromatic rings. The predicted octanol–water partition coefficient (Wildman–Crippen LogP) is 6.12. The number of aryl methyl sites for hydroxylation is 1. The first-order valence-corrected chi connectivity index (χ1v) is 12.3. The van der Waals surface area contributed by atoms with E-state index in [9.17, 15) is 0 Å². The molecule has 0 saturated carbocycles. The van der Waals surface area contributed by atoms with Crippen LogP contribution >= 0.6 is 0 Å². The van der Waals surface area contributed by atoms with Crippen LogP contribution in [0.15, 0.2) is 65.7 Å². The highest BCUT2D eigenvalue weighted by atomic mass is 15.2. The summed E-state index contributed by atoms with van der Waals surface area (Å²) in [4.78, 5) is 7.46. The summed E-state index contributed by atoms with van der Waals surface area (Å²) in [5.74, 6) is 1.86. The number of nitrogens with zero attached hydrogens (tertiary/aromatic N) is 2. The summed E-state index contributed by atoms with van der Waals surface area (Å²) in [5.41, 5.74) is 5.42. The lowest BCUT2D eigenvalue weighted by Gasteiger charge is -2.37. The molecular weight excluding hydrogens is 390 g/mol. The highest BCUT2D eigenvalue weighted by Gasteiger charge is 2.24. The van der Waals surface area contributed by atoms with Gasteiger partial charge in [0.15, 0.2) is 0 Å². The van der Waals surface area contributed by atoms with Crippen molar-refractivity contribution in [1.82, 2.24) is 10.2 Å². The van der Waals surface area contributed by atoms with Gasteiger partial charge in [0.2, 0.25) is 0 Å². The average molecular weight is 426 g/mol. The molecule has 0 aromatic heterocycles. The molecule has 2 heterocycles. The third-order valence-electron chi connectivity index (χ3n) is 7.00. The lowest BCUT2D eigenvalue weighted by Crippen LogP contribution is -2.44. The smallest absolute Gasteiger partial charge is 0.129 e. The van der Waals surface area contributed by atoms with Crippen LogP contribution in [0.25, 0.3) is 10.8 Å². The van der Waals surface area contributed by atoms with Crippen molar-refractivity contribution in [3.8, 4) is 0 Å². The van der Waals surface area contributed by atoms with E-state index in [1.165, 1.54) is 71.8 Å². The molecule has 3 heteroatoms. The van der Waals surface area contributed by atoms with Crippen LogP contribution in [0.5, 0.6) is 0 Å². The van der Waals surface area contributed by atoms with Crippen molar-refractivity contribution in [1.29, 1.82) is 0 Å². The Bertz CT molecular complexity index is 1090. The fraction of sp³-hybridized carbons (Fsp3) is 0.414. The summed E-state index contributed by atoms with van der Waals surface area (Å²) in [6.45, 7) is 8.85. The van der Waals surface area contributed by atoms with E-state index >= 15 is 0 Å². The molecule has 3 nitrogen and oxygen atoms in total. The molecule has 0 radical (unpaired) electrons. The van der Waals surface area contributed by atoms with E-state index in [0.29, 0.717) is 0 Å². The molecule has 0 spiro atoms. The molecular formula is C29H35N3. The van der Waals surface area contributed by atoms with Gasteiger partial charge in [0, 0.05) is 25.2 Å². The van der Waals surface area contributed by atoms with Crippen molar-refractivity contribution in [3.05, 3.63) is 82.9 Å². The van der Waals surface area contributed by atoms with E-state index in [-0.39, 0.29) is 6.04 Å². The van der Waals surface area contributed by atoms with Crippen molar-refractivity contribution in [2.75, 3.05) is 19.6 Å². The van der Waals surface area contributed by atoms with Crippen molar-refractivity contribution < 1.29 is 0 Å². The lowest BCUT2D eigenvalue weighted by molar-refractivity contribution is 0.105.